The minimum atomic E-state index is -0.166. The summed E-state index contributed by atoms with van der Waals surface area (Å²) in [7, 11) is 1.71. The summed E-state index contributed by atoms with van der Waals surface area (Å²) in [6.45, 7) is 3.29. The number of rotatable bonds is 5. The Morgan fingerprint density at radius 2 is 2.09 bits per heavy atom. The molecule has 0 aliphatic carbocycles. The van der Waals surface area contributed by atoms with Crippen molar-refractivity contribution >= 4 is 41.3 Å². The van der Waals surface area contributed by atoms with Crippen LogP contribution in [0.4, 0.5) is 4.39 Å². The van der Waals surface area contributed by atoms with Crippen LogP contribution < -0.4 is 10.6 Å². The average molecular weight is 434 g/mol. The van der Waals surface area contributed by atoms with Crippen LogP contribution in [-0.4, -0.2) is 24.5 Å². The molecule has 120 valence electrons. The van der Waals surface area contributed by atoms with Gasteiger partial charge in [-0.25, -0.2) is 9.37 Å². The molecule has 0 aliphatic heterocycles. The lowest BCUT2D eigenvalue weighted by Gasteiger charge is -2.11. The standard InChI is InChI=1S/C15H19FN4S.HI/c1-11-9-19-14(21-11)10-20-15(17-2)18-8-7-12-5-3-4-6-13(12)16;/h3-6,9H,7-8,10H2,1-2H3,(H2,17,18,20);1H. The second-order valence-corrected chi connectivity index (χ2v) is 5.88. The van der Waals surface area contributed by atoms with Crippen molar-refractivity contribution in [1.82, 2.24) is 15.6 Å². The van der Waals surface area contributed by atoms with E-state index in [0.29, 0.717) is 31.0 Å². The third-order valence-corrected chi connectivity index (χ3v) is 3.86. The Morgan fingerprint density at radius 3 is 2.73 bits per heavy atom. The molecule has 0 unspecified atom stereocenters. The van der Waals surface area contributed by atoms with Crippen molar-refractivity contribution in [3.8, 4) is 0 Å². The topological polar surface area (TPSA) is 49.3 Å². The highest BCUT2D eigenvalue weighted by molar-refractivity contribution is 14.0. The largest absolute Gasteiger partial charge is 0.356 e. The maximum absolute atomic E-state index is 13.5. The van der Waals surface area contributed by atoms with E-state index in [1.54, 1.807) is 30.5 Å². The van der Waals surface area contributed by atoms with Crippen molar-refractivity contribution in [3.63, 3.8) is 0 Å². The fraction of sp³-hybridized carbons (Fsp3) is 0.333. The van der Waals surface area contributed by atoms with Gasteiger partial charge in [0.25, 0.3) is 0 Å². The first-order valence-electron chi connectivity index (χ1n) is 6.78. The van der Waals surface area contributed by atoms with Crippen LogP contribution >= 0.6 is 35.3 Å². The van der Waals surface area contributed by atoms with Gasteiger partial charge in [-0.15, -0.1) is 35.3 Å². The highest BCUT2D eigenvalue weighted by Crippen LogP contribution is 2.10. The van der Waals surface area contributed by atoms with Crippen molar-refractivity contribution in [2.75, 3.05) is 13.6 Å². The number of guanidine groups is 1. The zero-order chi connectivity index (χ0) is 15.1. The van der Waals surface area contributed by atoms with Crippen molar-refractivity contribution < 1.29 is 4.39 Å². The van der Waals surface area contributed by atoms with Crippen LogP contribution in [0.3, 0.4) is 0 Å². The SMILES string of the molecule is CN=C(NCCc1ccccc1F)NCc1ncc(C)s1.I. The van der Waals surface area contributed by atoms with Gasteiger partial charge < -0.3 is 10.6 Å². The van der Waals surface area contributed by atoms with Gasteiger partial charge in [0.1, 0.15) is 10.8 Å². The van der Waals surface area contributed by atoms with Crippen LogP contribution in [0, 0.1) is 12.7 Å². The van der Waals surface area contributed by atoms with E-state index in [2.05, 4.69) is 20.6 Å². The molecule has 22 heavy (non-hydrogen) atoms. The highest BCUT2D eigenvalue weighted by Gasteiger charge is 2.03. The first kappa shape index (κ1) is 18.8. The Labute approximate surface area is 151 Å². The Kier molecular flexibility index (Phi) is 8.32. The third kappa shape index (κ3) is 5.88. The van der Waals surface area contributed by atoms with Gasteiger partial charge in [-0.1, -0.05) is 18.2 Å². The molecule has 2 N–H and O–H groups in total. The van der Waals surface area contributed by atoms with E-state index in [9.17, 15) is 4.39 Å². The minimum absolute atomic E-state index is 0. The molecule has 2 rings (SSSR count). The Balaban J connectivity index is 0.00000242. The van der Waals surface area contributed by atoms with E-state index in [1.165, 1.54) is 10.9 Å². The van der Waals surface area contributed by atoms with Crippen molar-refractivity contribution in [3.05, 3.63) is 51.7 Å². The molecule has 0 bridgehead atoms. The smallest absolute Gasteiger partial charge is 0.191 e. The van der Waals surface area contributed by atoms with Crippen LogP contribution in [0.2, 0.25) is 0 Å². The van der Waals surface area contributed by atoms with Crippen LogP contribution in [0.15, 0.2) is 35.5 Å². The molecular formula is C15H20FIN4S. The summed E-state index contributed by atoms with van der Waals surface area (Å²) in [5.41, 5.74) is 0.705. The van der Waals surface area contributed by atoms with Gasteiger partial charge in [0.2, 0.25) is 0 Å². The molecule has 0 fully saturated rings. The number of aliphatic imine (C=N–C) groups is 1. The summed E-state index contributed by atoms with van der Waals surface area (Å²) in [5, 5.41) is 7.38. The second-order valence-electron chi connectivity index (χ2n) is 4.56. The molecule has 1 heterocycles. The van der Waals surface area contributed by atoms with E-state index >= 15 is 0 Å². The Morgan fingerprint density at radius 1 is 1.32 bits per heavy atom. The zero-order valence-corrected chi connectivity index (χ0v) is 15.7. The van der Waals surface area contributed by atoms with Crippen LogP contribution in [-0.2, 0) is 13.0 Å². The lowest BCUT2D eigenvalue weighted by atomic mass is 10.1. The predicted octanol–water partition coefficient (Wildman–Crippen LogP) is 3.12. The molecule has 0 saturated heterocycles. The van der Waals surface area contributed by atoms with E-state index in [1.807, 2.05) is 19.2 Å². The highest BCUT2D eigenvalue weighted by atomic mass is 127. The van der Waals surface area contributed by atoms with Gasteiger partial charge in [-0.3, -0.25) is 4.99 Å². The van der Waals surface area contributed by atoms with Crippen molar-refractivity contribution in [2.24, 2.45) is 4.99 Å². The van der Waals surface area contributed by atoms with E-state index < -0.39 is 0 Å². The number of nitrogens with zero attached hydrogens (tertiary/aromatic N) is 2. The molecule has 0 atom stereocenters. The number of hydrogen-bond donors (Lipinski definition) is 2. The number of aryl methyl sites for hydroxylation is 1. The Hall–Kier alpha value is -1.22. The van der Waals surface area contributed by atoms with Gasteiger partial charge in [-0.05, 0) is 25.0 Å². The molecule has 0 radical (unpaired) electrons. The monoisotopic (exact) mass is 434 g/mol. The summed E-state index contributed by atoms with van der Waals surface area (Å²) in [6, 6.07) is 6.82. The first-order valence-corrected chi connectivity index (χ1v) is 7.60. The summed E-state index contributed by atoms with van der Waals surface area (Å²) >= 11 is 1.66. The molecular weight excluding hydrogens is 414 g/mol. The van der Waals surface area contributed by atoms with Crippen molar-refractivity contribution in [2.45, 2.75) is 19.9 Å². The van der Waals surface area contributed by atoms with Crippen LogP contribution in [0.1, 0.15) is 15.4 Å². The molecule has 0 amide bonds. The summed E-state index contributed by atoms with van der Waals surface area (Å²) in [5.74, 6) is 0.527. The first-order chi connectivity index (χ1) is 10.2. The third-order valence-electron chi connectivity index (χ3n) is 2.94. The molecule has 1 aromatic carbocycles. The number of thiazole rings is 1. The molecule has 0 saturated carbocycles. The summed E-state index contributed by atoms with van der Waals surface area (Å²) in [6.07, 6.45) is 2.47. The number of nitrogens with one attached hydrogen (secondary N) is 2. The Bertz CT molecular complexity index is 615. The maximum atomic E-state index is 13.5. The molecule has 0 spiro atoms. The molecule has 0 aliphatic rings. The lowest BCUT2D eigenvalue weighted by molar-refractivity contribution is 0.606. The average Bonchev–Trinajstić information content (AvgIpc) is 2.90. The maximum Gasteiger partial charge on any atom is 0.191 e. The predicted molar refractivity (Wildman–Crippen MR) is 101 cm³/mol. The normalized spacial score (nSPS) is 11.0. The number of benzene rings is 1. The lowest BCUT2D eigenvalue weighted by Crippen LogP contribution is -2.37. The quantitative estimate of drug-likeness (QED) is 0.432. The molecule has 4 nitrogen and oxygen atoms in total. The van der Waals surface area contributed by atoms with E-state index in [0.717, 1.165) is 5.01 Å². The van der Waals surface area contributed by atoms with Gasteiger partial charge in [0.05, 0.1) is 6.54 Å². The minimum Gasteiger partial charge on any atom is -0.356 e. The van der Waals surface area contributed by atoms with Crippen LogP contribution in [0.25, 0.3) is 0 Å². The van der Waals surface area contributed by atoms with Gasteiger partial charge in [0, 0.05) is 24.7 Å². The molecule has 7 heteroatoms. The fourth-order valence-corrected chi connectivity index (χ4v) is 2.61. The van der Waals surface area contributed by atoms with Crippen molar-refractivity contribution in [1.29, 1.82) is 0 Å². The second kappa shape index (κ2) is 9.73. The van der Waals surface area contributed by atoms with Crippen LogP contribution in [0.5, 0.6) is 0 Å². The summed E-state index contributed by atoms with van der Waals surface area (Å²) < 4.78 is 13.5. The van der Waals surface area contributed by atoms with Gasteiger partial charge in [-0.2, -0.15) is 0 Å². The van der Waals surface area contributed by atoms with Gasteiger partial charge >= 0.3 is 0 Å². The van der Waals surface area contributed by atoms with Gasteiger partial charge in [0.15, 0.2) is 5.96 Å². The number of aromatic nitrogens is 1. The van der Waals surface area contributed by atoms with E-state index in [4.69, 9.17) is 0 Å². The van der Waals surface area contributed by atoms with E-state index in [-0.39, 0.29) is 29.8 Å². The summed E-state index contributed by atoms with van der Waals surface area (Å²) in [4.78, 5) is 9.62. The number of hydrogen-bond acceptors (Lipinski definition) is 3. The zero-order valence-electron chi connectivity index (χ0n) is 12.6. The molecule has 1 aromatic heterocycles. The molecule has 2 aromatic rings. The number of halogens is 2. The fourth-order valence-electron chi connectivity index (χ4n) is 1.88.